The van der Waals surface area contributed by atoms with E-state index < -0.39 is 23.8 Å². The lowest BCUT2D eigenvalue weighted by Crippen LogP contribution is -2.47. The highest BCUT2D eigenvalue weighted by Gasteiger charge is 2.38. The van der Waals surface area contributed by atoms with Crippen molar-refractivity contribution in [3.8, 4) is 11.1 Å². The summed E-state index contributed by atoms with van der Waals surface area (Å²) in [6.07, 6.45) is 9.58. The van der Waals surface area contributed by atoms with Crippen LogP contribution in [-0.2, 0) is 14.4 Å². The van der Waals surface area contributed by atoms with Crippen LogP contribution in [0.1, 0.15) is 76.8 Å². The first-order valence-electron chi connectivity index (χ1n) is 14.5. The van der Waals surface area contributed by atoms with Crippen LogP contribution >= 0.6 is 0 Å². The van der Waals surface area contributed by atoms with Gasteiger partial charge in [-0.1, -0.05) is 94.5 Å². The lowest BCUT2D eigenvalue weighted by molar-refractivity contribution is -0.135. The number of nitrogens with one attached hydrogen (secondary N) is 1. The molecule has 3 atom stereocenters. The Labute approximate surface area is 233 Å². The monoisotopic (exact) mass is 529 g/mol. The van der Waals surface area contributed by atoms with E-state index in [-0.39, 0.29) is 17.7 Å². The largest absolute Gasteiger partial charge is 0.369 e. The van der Waals surface area contributed by atoms with E-state index in [1.165, 1.54) is 32.1 Å². The maximum Gasteiger partial charge on any atom is 0.254 e. The Kier molecular flexibility index (Phi) is 9.60. The van der Waals surface area contributed by atoms with Gasteiger partial charge >= 0.3 is 0 Å². The molecule has 2 aliphatic rings. The Morgan fingerprint density at radius 3 is 2.36 bits per heavy atom. The smallest absolute Gasteiger partial charge is 0.254 e. The van der Waals surface area contributed by atoms with Crippen LogP contribution in [0, 0.1) is 23.7 Å². The van der Waals surface area contributed by atoms with E-state index in [0.717, 1.165) is 28.8 Å². The Morgan fingerprint density at radius 2 is 1.69 bits per heavy atom. The highest BCUT2D eigenvalue weighted by molar-refractivity contribution is 6.06. The molecule has 4 rings (SSSR count). The van der Waals surface area contributed by atoms with Crippen molar-refractivity contribution >= 4 is 23.4 Å². The van der Waals surface area contributed by atoms with Crippen molar-refractivity contribution in [2.75, 3.05) is 11.4 Å². The van der Waals surface area contributed by atoms with Crippen molar-refractivity contribution in [2.45, 2.75) is 71.3 Å². The van der Waals surface area contributed by atoms with Crippen LogP contribution in [-0.4, -0.2) is 24.3 Å². The molecule has 1 aliphatic heterocycles. The van der Waals surface area contributed by atoms with Gasteiger partial charge in [0.05, 0.1) is 17.5 Å². The minimum absolute atomic E-state index is 0.140. The summed E-state index contributed by atoms with van der Waals surface area (Å²) >= 11 is 0. The van der Waals surface area contributed by atoms with Gasteiger partial charge in [-0.05, 0) is 48.3 Å². The highest BCUT2D eigenvalue weighted by atomic mass is 16.2. The van der Waals surface area contributed by atoms with Crippen molar-refractivity contribution in [2.24, 2.45) is 29.4 Å². The van der Waals surface area contributed by atoms with E-state index >= 15 is 0 Å². The molecule has 0 radical (unpaired) electrons. The number of anilines is 1. The van der Waals surface area contributed by atoms with Gasteiger partial charge < -0.3 is 16.0 Å². The van der Waals surface area contributed by atoms with Crippen LogP contribution in [0.25, 0.3) is 11.1 Å². The number of amides is 3. The molecule has 0 bridgehead atoms. The number of rotatable bonds is 11. The maximum atomic E-state index is 14.4. The molecule has 1 aliphatic carbocycles. The lowest BCUT2D eigenvalue weighted by Gasteiger charge is -2.31. The minimum Gasteiger partial charge on any atom is -0.369 e. The molecule has 2 aromatic rings. The van der Waals surface area contributed by atoms with E-state index in [9.17, 15) is 14.4 Å². The molecule has 0 spiro atoms. The van der Waals surface area contributed by atoms with Gasteiger partial charge in [0.2, 0.25) is 11.8 Å². The molecule has 3 amide bonds. The summed E-state index contributed by atoms with van der Waals surface area (Å²) in [6.45, 7) is 8.40. The van der Waals surface area contributed by atoms with Crippen molar-refractivity contribution in [1.82, 2.24) is 5.32 Å². The summed E-state index contributed by atoms with van der Waals surface area (Å²) in [4.78, 5) is 42.5. The van der Waals surface area contributed by atoms with Crippen molar-refractivity contribution in [3.63, 3.8) is 0 Å². The molecule has 0 aromatic heterocycles. The number of hydrogen-bond acceptors (Lipinski definition) is 3. The molecule has 6 nitrogen and oxygen atoms in total. The third kappa shape index (κ3) is 6.60. The number of para-hydroxylation sites is 1. The first kappa shape index (κ1) is 28.6. The zero-order valence-corrected chi connectivity index (χ0v) is 23.4. The topological polar surface area (TPSA) is 92.5 Å². The number of nitrogens with two attached hydrogens (primary N) is 1. The van der Waals surface area contributed by atoms with Gasteiger partial charge in [0.15, 0.2) is 0 Å². The van der Waals surface area contributed by atoms with E-state index in [1.54, 1.807) is 6.08 Å². The highest BCUT2D eigenvalue weighted by Crippen LogP contribution is 2.41. The van der Waals surface area contributed by atoms with E-state index in [2.05, 4.69) is 11.9 Å². The predicted octanol–water partition coefficient (Wildman–Crippen LogP) is 6.17. The van der Waals surface area contributed by atoms with Crippen LogP contribution in [0.4, 0.5) is 5.69 Å². The summed E-state index contributed by atoms with van der Waals surface area (Å²) in [5, 5.41) is 3.09. The van der Waals surface area contributed by atoms with Crippen molar-refractivity contribution < 1.29 is 14.4 Å². The summed E-state index contributed by atoms with van der Waals surface area (Å²) in [6, 6.07) is 15.0. The second-order valence-corrected chi connectivity index (χ2v) is 11.6. The SMILES string of the molecule is C=CCC(C(N)=O)C(CC(C)C)C(=O)NC1C(=O)N(CCC2CCCCC2)c2ccccc2-c2ccccc21. The number of allylic oxidation sites excluding steroid dienone is 1. The third-order valence-corrected chi connectivity index (χ3v) is 8.38. The molecule has 0 saturated heterocycles. The van der Waals surface area contributed by atoms with Gasteiger partial charge in [-0.15, -0.1) is 6.58 Å². The third-order valence-electron chi connectivity index (χ3n) is 8.38. The number of benzene rings is 2. The van der Waals surface area contributed by atoms with Crippen LogP contribution in [0.3, 0.4) is 0 Å². The van der Waals surface area contributed by atoms with Crippen LogP contribution in [0.15, 0.2) is 61.2 Å². The maximum absolute atomic E-state index is 14.4. The normalized spacial score (nSPS) is 19.0. The Bertz CT molecular complexity index is 1180. The summed E-state index contributed by atoms with van der Waals surface area (Å²) in [5.41, 5.74) is 9.32. The van der Waals surface area contributed by atoms with Gasteiger partial charge in [0.1, 0.15) is 6.04 Å². The minimum atomic E-state index is -0.862. The standard InChI is InChI=1S/C33H43N3O3/c1-4-12-27(31(34)37)28(21-22(2)3)32(38)35-30-26-17-9-8-15-24(26)25-16-10-11-18-29(25)36(33(30)39)20-19-23-13-6-5-7-14-23/h4,8-11,15-18,22-23,27-28,30H,1,5-7,12-14,19-21H2,2-3H3,(H2,34,37)(H,35,38). The number of hydrogen-bond donors (Lipinski definition) is 2. The number of fused-ring (bicyclic) bond motifs is 3. The van der Waals surface area contributed by atoms with Gasteiger partial charge in [-0.25, -0.2) is 0 Å². The zero-order chi connectivity index (χ0) is 27.9. The lowest BCUT2D eigenvalue weighted by atomic mass is 9.82. The molecule has 1 saturated carbocycles. The number of carbonyl (C=O) groups excluding carboxylic acids is 3. The van der Waals surface area contributed by atoms with Gasteiger partial charge in [-0.2, -0.15) is 0 Å². The second-order valence-electron chi connectivity index (χ2n) is 11.6. The van der Waals surface area contributed by atoms with Crippen LogP contribution in [0.5, 0.6) is 0 Å². The molecule has 3 N–H and O–H groups in total. The van der Waals surface area contributed by atoms with Gasteiger partial charge in [0.25, 0.3) is 5.91 Å². The van der Waals surface area contributed by atoms with Crippen molar-refractivity contribution in [1.29, 1.82) is 0 Å². The summed E-state index contributed by atoms with van der Waals surface area (Å²) in [5.74, 6) is -1.53. The van der Waals surface area contributed by atoms with Crippen LogP contribution < -0.4 is 16.0 Å². The number of primary amides is 1. The molecule has 3 unspecified atom stereocenters. The fourth-order valence-electron chi connectivity index (χ4n) is 6.37. The zero-order valence-electron chi connectivity index (χ0n) is 23.4. The van der Waals surface area contributed by atoms with Gasteiger partial charge in [0, 0.05) is 12.1 Å². The van der Waals surface area contributed by atoms with Crippen molar-refractivity contribution in [3.05, 3.63) is 66.7 Å². The molecular formula is C33H43N3O3. The Morgan fingerprint density at radius 1 is 1.03 bits per heavy atom. The fraction of sp³-hybridized carbons (Fsp3) is 0.485. The molecule has 6 heteroatoms. The van der Waals surface area contributed by atoms with E-state index in [1.807, 2.05) is 67.3 Å². The number of nitrogens with zero attached hydrogens (tertiary/aromatic N) is 1. The molecule has 208 valence electrons. The Hall–Kier alpha value is -3.41. The number of carbonyl (C=O) groups is 3. The molecule has 2 aromatic carbocycles. The summed E-state index contributed by atoms with van der Waals surface area (Å²) < 4.78 is 0. The van der Waals surface area contributed by atoms with E-state index in [4.69, 9.17) is 5.73 Å². The fourth-order valence-corrected chi connectivity index (χ4v) is 6.37. The average molecular weight is 530 g/mol. The van der Waals surface area contributed by atoms with Crippen LogP contribution in [0.2, 0.25) is 0 Å². The molecule has 1 fully saturated rings. The molecular weight excluding hydrogens is 486 g/mol. The molecule has 1 heterocycles. The first-order chi connectivity index (χ1) is 18.8. The molecule has 39 heavy (non-hydrogen) atoms. The Balaban J connectivity index is 1.71. The summed E-state index contributed by atoms with van der Waals surface area (Å²) in [7, 11) is 0. The van der Waals surface area contributed by atoms with Gasteiger partial charge in [-0.3, -0.25) is 14.4 Å². The average Bonchev–Trinajstić information content (AvgIpc) is 3.03. The van der Waals surface area contributed by atoms with E-state index in [0.29, 0.717) is 25.3 Å². The predicted molar refractivity (Wildman–Crippen MR) is 157 cm³/mol. The first-order valence-corrected chi connectivity index (χ1v) is 14.5. The quantitative estimate of drug-likeness (QED) is 0.341. The second kappa shape index (κ2) is 13.1.